The van der Waals surface area contributed by atoms with Crippen LogP contribution < -0.4 is 11.3 Å². The summed E-state index contributed by atoms with van der Waals surface area (Å²) in [5.74, 6) is 5.13. The minimum Gasteiger partial charge on any atom is -0.293 e. The van der Waals surface area contributed by atoms with Gasteiger partial charge in [-0.05, 0) is 6.42 Å². The fourth-order valence-corrected chi connectivity index (χ4v) is 3.53. The van der Waals surface area contributed by atoms with Crippen LogP contribution in [0.3, 0.4) is 0 Å². The Hall–Kier alpha value is -0.260. The van der Waals surface area contributed by atoms with E-state index < -0.39 is 0 Å². The lowest BCUT2D eigenvalue weighted by atomic mass is 10.1. The van der Waals surface area contributed by atoms with Crippen molar-refractivity contribution < 1.29 is 4.79 Å². The minimum atomic E-state index is -0.0687. The van der Waals surface area contributed by atoms with Gasteiger partial charge in [0.2, 0.25) is 0 Å². The van der Waals surface area contributed by atoms with Gasteiger partial charge in [0.25, 0.3) is 5.91 Å². The van der Waals surface area contributed by atoms with Crippen LogP contribution in [0.15, 0.2) is 0 Å². The third kappa shape index (κ3) is 3.36. The highest BCUT2D eigenvalue weighted by Crippen LogP contribution is 2.26. The van der Waals surface area contributed by atoms with Crippen molar-refractivity contribution in [2.75, 3.05) is 13.1 Å². The molecule has 5 heteroatoms. The number of amides is 1. The van der Waals surface area contributed by atoms with Crippen LogP contribution in [0.25, 0.3) is 0 Å². The summed E-state index contributed by atoms with van der Waals surface area (Å²) >= 11 is 1.99. The number of carbonyl (C=O) groups excluding carboxylic acids is 1. The Morgan fingerprint density at radius 1 is 1.53 bits per heavy atom. The summed E-state index contributed by atoms with van der Waals surface area (Å²) in [5.41, 5.74) is 2.26. The van der Waals surface area contributed by atoms with Gasteiger partial charge in [-0.2, -0.15) is 11.8 Å². The average molecular weight is 231 g/mol. The first-order chi connectivity index (χ1) is 7.08. The molecule has 1 aliphatic heterocycles. The van der Waals surface area contributed by atoms with Gasteiger partial charge >= 0.3 is 0 Å². The lowest BCUT2D eigenvalue weighted by Gasteiger charge is -2.38. The van der Waals surface area contributed by atoms with E-state index in [-0.39, 0.29) is 11.9 Å². The molecule has 0 radical (unpaired) electrons. The molecule has 1 rings (SSSR count). The molecular weight excluding hydrogens is 210 g/mol. The van der Waals surface area contributed by atoms with Gasteiger partial charge in [0.05, 0.1) is 6.04 Å². The molecule has 3 atom stereocenters. The van der Waals surface area contributed by atoms with Crippen LogP contribution in [0.2, 0.25) is 0 Å². The van der Waals surface area contributed by atoms with Crippen LogP contribution in [0.5, 0.6) is 0 Å². The highest BCUT2D eigenvalue weighted by Gasteiger charge is 2.30. The van der Waals surface area contributed by atoms with Gasteiger partial charge in [-0.15, -0.1) is 0 Å². The molecular formula is C10H21N3OS. The van der Waals surface area contributed by atoms with Gasteiger partial charge in [-0.3, -0.25) is 15.1 Å². The normalized spacial score (nSPS) is 29.9. The summed E-state index contributed by atoms with van der Waals surface area (Å²) in [4.78, 5) is 13.8. The summed E-state index contributed by atoms with van der Waals surface area (Å²) in [5, 5.41) is 1.18. The molecule has 0 spiro atoms. The number of rotatable bonds is 3. The largest absolute Gasteiger partial charge is 0.293 e. The number of hydrogen-bond acceptors (Lipinski definition) is 4. The molecule has 0 aliphatic carbocycles. The molecule has 1 fully saturated rings. The molecule has 1 amide bonds. The summed E-state index contributed by atoms with van der Waals surface area (Å²) in [6.45, 7) is 8.39. The van der Waals surface area contributed by atoms with Crippen molar-refractivity contribution in [2.45, 2.75) is 43.7 Å². The first-order valence-corrected chi connectivity index (χ1v) is 6.42. The quantitative estimate of drug-likeness (QED) is 0.424. The summed E-state index contributed by atoms with van der Waals surface area (Å²) in [6.07, 6.45) is 0.813. The number of carbonyl (C=O) groups is 1. The highest BCUT2D eigenvalue weighted by atomic mass is 32.2. The lowest BCUT2D eigenvalue weighted by Crippen LogP contribution is -2.53. The van der Waals surface area contributed by atoms with Crippen molar-refractivity contribution in [3.05, 3.63) is 0 Å². The van der Waals surface area contributed by atoms with Crippen LogP contribution >= 0.6 is 11.8 Å². The molecule has 1 saturated heterocycles. The topological polar surface area (TPSA) is 58.4 Å². The lowest BCUT2D eigenvalue weighted by molar-refractivity contribution is -0.126. The first-order valence-electron chi connectivity index (χ1n) is 5.48. The zero-order chi connectivity index (χ0) is 11.4. The predicted octanol–water partition coefficient (Wildman–Crippen LogP) is 0.581. The number of nitrogens with two attached hydrogens (primary N) is 1. The Kier molecular flexibility index (Phi) is 4.89. The van der Waals surface area contributed by atoms with Crippen molar-refractivity contribution in [1.82, 2.24) is 10.3 Å². The van der Waals surface area contributed by atoms with Crippen molar-refractivity contribution in [1.29, 1.82) is 0 Å². The van der Waals surface area contributed by atoms with Gasteiger partial charge in [0, 0.05) is 23.6 Å². The molecule has 0 aromatic heterocycles. The number of hydrogen-bond donors (Lipinski definition) is 2. The third-order valence-electron chi connectivity index (χ3n) is 2.72. The number of thioether (sulfide) groups is 1. The van der Waals surface area contributed by atoms with E-state index in [2.05, 4.69) is 24.2 Å². The van der Waals surface area contributed by atoms with Gasteiger partial charge < -0.3 is 0 Å². The molecule has 88 valence electrons. The van der Waals surface area contributed by atoms with E-state index in [0.29, 0.717) is 10.5 Å². The minimum absolute atomic E-state index is 0.0659. The zero-order valence-electron chi connectivity index (χ0n) is 9.69. The van der Waals surface area contributed by atoms with Crippen molar-refractivity contribution >= 4 is 17.7 Å². The molecule has 1 heterocycles. The third-order valence-corrected chi connectivity index (χ3v) is 3.95. The smallest absolute Gasteiger partial charge is 0.251 e. The first kappa shape index (κ1) is 12.8. The molecule has 3 unspecified atom stereocenters. The Balaban J connectivity index is 2.63. The number of hydrazine groups is 1. The van der Waals surface area contributed by atoms with Gasteiger partial charge in [-0.1, -0.05) is 20.8 Å². The summed E-state index contributed by atoms with van der Waals surface area (Å²) in [6, 6.07) is -0.0687. The van der Waals surface area contributed by atoms with E-state index in [0.717, 1.165) is 19.5 Å². The second-order valence-corrected chi connectivity index (χ2v) is 6.03. The molecule has 0 aromatic rings. The molecule has 3 N–H and O–H groups in total. The van der Waals surface area contributed by atoms with Crippen LogP contribution in [0, 0.1) is 0 Å². The Labute approximate surface area is 95.9 Å². The SMILES string of the molecule is CCC(C(=O)NN)N1CC(C)SC(C)C1. The van der Waals surface area contributed by atoms with Crippen LogP contribution in [-0.2, 0) is 4.79 Å². The average Bonchev–Trinajstić information content (AvgIpc) is 2.17. The Morgan fingerprint density at radius 2 is 2.07 bits per heavy atom. The monoisotopic (exact) mass is 231 g/mol. The highest BCUT2D eigenvalue weighted by molar-refractivity contribution is 8.00. The van der Waals surface area contributed by atoms with Gasteiger partial charge in [-0.25, -0.2) is 5.84 Å². The number of nitrogens with one attached hydrogen (secondary N) is 1. The molecule has 0 bridgehead atoms. The summed E-state index contributed by atoms with van der Waals surface area (Å²) < 4.78 is 0. The van der Waals surface area contributed by atoms with Gasteiger partial charge in [0.15, 0.2) is 0 Å². The Morgan fingerprint density at radius 3 is 2.47 bits per heavy atom. The second-order valence-electron chi connectivity index (χ2n) is 4.14. The fourth-order valence-electron chi connectivity index (χ4n) is 2.18. The van der Waals surface area contributed by atoms with Crippen LogP contribution in [0.1, 0.15) is 27.2 Å². The predicted molar refractivity (Wildman–Crippen MR) is 64.5 cm³/mol. The molecule has 0 aromatic carbocycles. The fraction of sp³-hybridized carbons (Fsp3) is 0.900. The van der Waals surface area contributed by atoms with E-state index in [1.807, 2.05) is 18.7 Å². The van der Waals surface area contributed by atoms with E-state index in [9.17, 15) is 4.79 Å². The molecule has 15 heavy (non-hydrogen) atoms. The van der Waals surface area contributed by atoms with Crippen molar-refractivity contribution in [3.63, 3.8) is 0 Å². The standard InChI is InChI=1S/C10H21N3OS/c1-4-9(10(14)12-11)13-5-7(2)15-8(3)6-13/h7-9H,4-6,11H2,1-3H3,(H,12,14). The maximum Gasteiger partial charge on any atom is 0.251 e. The zero-order valence-corrected chi connectivity index (χ0v) is 10.5. The van der Waals surface area contributed by atoms with E-state index in [1.165, 1.54) is 0 Å². The van der Waals surface area contributed by atoms with E-state index in [1.54, 1.807) is 0 Å². The van der Waals surface area contributed by atoms with Crippen molar-refractivity contribution in [2.24, 2.45) is 5.84 Å². The molecule has 1 aliphatic rings. The van der Waals surface area contributed by atoms with E-state index >= 15 is 0 Å². The van der Waals surface area contributed by atoms with Crippen molar-refractivity contribution in [3.8, 4) is 0 Å². The molecule has 0 saturated carbocycles. The van der Waals surface area contributed by atoms with E-state index in [4.69, 9.17) is 5.84 Å². The maximum absolute atomic E-state index is 11.6. The molecule has 4 nitrogen and oxygen atoms in total. The second kappa shape index (κ2) is 5.72. The number of nitrogens with zero attached hydrogens (tertiary/aromatic N) is 1. The van der Waals surface area contributed by atoms with Crippen LogP contribution in [-0.4, -0.2) is 40.4 Å². The summed E-state index contributed by atoms with van der Waals surface area (Å²) in [7, 11) is 0. The Bertz CT molecular complexity index is 215. The maximum atomic E-state index is 11.6. The van der Waals surface area contributed by atoms with Gasteiger partial charge in [0.1, 0.15) is 0 Å². The van der Waals surface area contributed by atoms with Crippen LogP contribution in [0.4, 0.5) is 0 Å².